The van der Waals surface area contributed by atoms with Crippen LogP contribution in [0.5, 0.6) is 5.75 Å². The molecule has 22 heavy (non-hydrogen) atoms. The highest BCUT2D eigenvalue weighted by Crippen LogP contribution is 2.20. The summed E-state index contributed by atoms with van der Waals surface area (Å²) in [5.74, 6) is 2.14. The molecule has 0 saturated carbocycles. The van der Waals surface area contributed by atoms with Crippen LogP contribution in [-0.4, -0.2) is 22.3 Å². The molecule has 0 bridgehead atoms. The molecule has 5 heteroatoms. The lowest BCUT2D eigenvalue weighted by atomic mass is 10.1. The summed E-state index contributed by atoms with van der Waals surface area (Å²) in [6.07, 6.45) is 0.720. The Morgan fingerprint density at radius 1 is 1.09 bits per heavy atom. The van der Waals surface area contributed by atoms with Crippen LogP contribution in [0.15, 0.2) is 54.6 Å². The quantitative estimate of drug-likeness (QED) is 0.758. The van der Waals surface area contributed by atoms with Gasteiger partial charge in [-0.1, -0.05) is 30.3 Å². The average Bonchev–Trinajstić information content (AvgIpc) is 3.06. The number of H-pyrrole nitrogens is 1. The molecule has 0 unspecified atom stereocenters. The van der Waals surface area contributed by atoms with Crippen LogP contribution in [-0.2, 0) is 6.42 Å². The molecule has 112 valence electrons. The molecule has 1 atom stereocenters. The molecule has 0 saturated heterocycles. The van der Waals surface area contributed by atoms with E-state index < -0.39 is 0 Å². The van der Waals surface area contributed by atoms with Gasteiger partial charge >= 0.3 is 0 Å². The molecule has 5 nitrogen and oxygen atoms in total. The highest BCUT2D eigenvalue weighted by molar-refractivity contribution is 5.55. The molecule has 0 spiro atoms. The number of hydrogen-bond acceptors (Lipinski definition) is 4. The van der Waals surface area contributed by atoms with Gasteiger partial charge in [0.15, 0.2) is 5.82 Å². The standard InChI is InChI=1S/C17H18N4O/c1-22-14-9-7-13(8-10-14)16-19-17(21-20-16)15(18)11-12-5-3-2-4-6-12/h2-10,15H,11,18H2,1H3,(H,19,20,21)/t15-/m0/s1. The predicted molar refractivity (Wildman–Crippen MR) is 85.4 cm³/mol. The highest BCUT2D eigenvalue weighted by Gasteiger charge is 2.13. The Kier molecular flexibility index (Phi) is 4.16. The van der Waals surface area contributed by atoms with Crippen LogP contribution in [0.4, 0.5) is 0 Å². The van der Waals surface area contributed by atoms with Crippen molar-refractivity contribution in [3.8, 4) is 17.1 Å². The molecule has 3 aromatic rings. The Morgan fingerprint density at radius 2 is 1.82 bits per heavy atom. The van der Waals surface area contributed by atoms with Gasteiger partial charge in [-0.05, 0) is 36.2 Å². The van der Waals surface area contributed by atoms with Crippen molar-refractivity contribution in [3.05, 3.63) is 66.0 Å². The molecule has 2 aromatic carbocycles. The van der Waals surface area contributed by atoms with Crippen molar-refractivity contribution in [1.29, 1.82) is 0 Å². The number of aromatic nitrogens is 3. The number of benzene rings is 2. The van der Waals surface area contributed by atoms with Gasteiger partial charge in [-0.3, -0.25) is 5.10 Å². The summed E-state index contributed by atoms with van der Waals surface area (Å²) in [5.41, 5.74) is 8.31. The number of nitrogens with zero attached hydrogens (tertiary/aromatic N) is 2. The van der Waals surface area contributed by atoms with Gasteiger partial charge in [-0.15, -0.1) is 0 Å². The molecule has 1 aromatic heterocycles. The van der Waals surface area contributed by atoms with E-state index in [1.54, 1.807) is 7.11 Å². The number of rotatable bonds is 5. The molecule has 3 N–H and O–H groups in total. The minimum absolute atomic E-state index is 0.207. The first kappa shape index (κ1) is 14.3. The van der Waals surface area contributed by atoms with E-state index in [1.807, 2.05) is 42.5 Å². The zero-order valence-corrected chi connectivity index (χ0v) is 12.4. The maximum Gasteiger partial charge on any atom is 0.181 e. The fourth-order valence-corrected chi connectivity index (χ4v) is 2.27. The van der Waals surface area contributed by atoms with Crippen LogP contribution in [0, 0.1) is 0 Å². The van der Waals surface area contributed by atoms with E-state index >= 15 is 0 Å². The van der Waals surface area contributed by atoms with Crippen LogP contribution in [0.3, 0.4) is 0 Å². The lowest BCUT2D eigenvalue weighted by Gasteiger charge is -2.07. The van der Waals surface area contributed by atoms with Crippen molar-refractivity contribution in [2.45, 2.75) is 12.5 Å². The van der Waals surface area contributed by atoms with Crippen molar-refractivity contribution in [2.24, 2.45) is 5.73 Å². The van der Waals surface area contributed by atoms with E-state index in [0.717, 1.165) is 17.7 Å². The van der Waals surface area contributed by atoms with Crippen molar-refractivity contribution in [3.63, 3.8) is 0 Å². The molecule has 0 amide bonds. The van der Waals surface area contributed by atoms with E-state index in [1.165, 1.54) is 5.56 Å². The Bertz CT molecular complexity index is 722. The number of ether oxygens (including phenoxy) is 1. The monoisotopic (exact) mass is 294 g/mol. The second kappa shape index (κ2) is 6.41. The van der Waals surface area contributed by atoms with Gasteiger partial charge in [0, 0.05) is 5.56 Å². The van der Waals surface area contributed by atoms with Crippen LogP contribution in [0.1, 0.15) is 17.4 Å². The second-order valence-corrected chi connectivity index (χ2v) is 5.07. The molecular weight excluding hydrogens is 276 g/mol. The maximum absolute atomic E-state index is 6.21. The lowest BCUT2D eigenvalue weighted by molar-refractivity contribution is 0.415. The van der Waals surface area contributed by atoms with Gasteiger partial charge in [0.25, 0.3) is 0 Å². The Morgan fingerprint density at radius 3 is 2.50 bits per heavy atom. The number of methoxy groups -OCH3 is 1. The Balaban J connectivity index is 1.75. The Hall–Kier alpha value is -2.66. The number of nitrogens with two attached hydrogens (primary N) is 1. The molecule has 3 rings (SSSR count). The van der Waals surface area contributed by atoms with Gasteiger partial charge in [-0.25, -0.2) is 4.98 Å². The zero-order valence-electron chi connectivity index (χ0n) is 12.4. The second-order valence-electron chi connectivity index (χ2n) is 5.07. The topological polar surface area (TPSA) is 76.8 Å². The minimum atomic E-state index is -0.207. The lowest BCUT2D eigenvalue weighted by Crippen LogP contribution is -2.15. The number of nitrogens with one attached hydrogen (secondary N) is 1. The van der Waals surface area contributed by atoms with Crippen LogP contribution in [0.25, 0.3) is 11.4 Å². The summed E-state index contributed by atoms with van der Waals surface area (Å²) < 4.78 is 5.15. The first-order valence-electron chi connectivity index (χ1n) is 7.12. The average molecular weight is 294 g/mol. The number of aromatic amines is 1. The molecule has 0 aliphatic carbocycles. The highest BCUT2D eigenvalue weighted by atomic mass is 16.5. The Labute approximate surface area is 129 Å². The van der Waals surface area contributed by atoms with Gasteiger partial charge in [0.1, 0.15) is 11.6 Å². The summed E-state index contributed by atoms with van der Waals surface area (Å²) >= 11 is 0. The predicted octanol–water partition coefficient (Wildman–Crippen LogP) is 2.72. The fraction of sp³-hybridized carbons (Fsp3) is 0.176. The van der Waals surface area contributed by atoms with Crippen LogP contribution >= 0.6 is 0 Å². The third kappa shape index (κ3) is 3.15. The SMILES string of the molecule is COc1ccc(-c2n[nH]c([C@@H](N)Cc3ccccc3)n2)cc1. The van der Waals surface area contributed by atoms with Crippen molar-refractivity contribution >= 4 is 0 Å². The molecule has 1 heterocycles. The summed E-state index contributed by atoms with van der Waals surface area (Å²) in [4.78, 5) is 4.50. The van der Waals surface area contributed by atoms with Gasteiger partial charge in [0.2, 0.25) is 0 Å². The third-order valence-corrected chi connectivity index (χ3v) is 3.50. The van der Waals surface area contributed by atoms with Crippen molar-refractivity contribution in [2.75, 3.05) is 7.11 Å². The fourth-order valence-electron chi connectivity index (χ4n) is 2.27. The maximum atomic E-state index is 6.21. The molecule has 0 aliphatic heterocycles. The number of hydrogen-bond donors (Lipinski definition) is 2. The molecule has 0 radical (unpaired) electrons. The summed E-state index contributed by atoms with van der Waals surface area (Å²) in [6, 6.07) is 17.5. The smallest absolute Gasteiger partial charge is 0.181 e. The summed E-state index contributed by atoms with van der Waals surface area (Å²) in [5, 5.41) is 7.18. The molecule has 0 aliphatic rings. The van der Waals surface area contributed by atoms with Crippen molar-refractivity contribution < 1.29 is 4.74 Å². The minimum Gasteiger partial charge on any atom is -0.497 e. The molecule has 0 fully saturated rings. The first-order valence-corrected chi connectivity index (χ1v) is 7.12. The van der Waals surface area contributed by atoms with E-state index in [-0.39, 0.29) is 6.04 Å². The van der Waals surface area contributed by atoms with Gasteiger partial charge in [-0.2, -0.15) is 5.10 Å². The first-order chi connectivity index (χ1) is 10.8. The largest absolute Gasteiger partial charge is 0.497 e. The van der Waals surface area contributed by atoms with Crippen LogP contribution < -0.4 is 10.5 Å². The van der Waals surface area contributed by atoms with Gasteiger partial charge in [0.05, 0.1) is 13.2 Å². The van der Waals surface area contributed by atoms with Gasteiger partial charge < -0.3 is 10.5 Å². The van der Waals surface area contributed by atoms with E-state index in [4.69, 9.17) is 10.5 Å². The van der Waals surface area contributed by atoms with Crippen LogP contribution in [0.2, 0.25) is 0 Å². The van der Waals surface area contributed by atoms with E-state index in [2.05, 4.69) is 27.3 Å². The summed E-state index contributed by atoms with van der Waals surface area (Å²) in [7, 11) is 1.64. The van der Waals surface area contributed by atoms with Crippen molar-refractivity contribution in [1.82, 2.24) is 15.2 Å². The van der Waals surface area contributed by atoms with E-state index in [0.29, 0.717) is 11.6 Å². The summed E-state index contributed by atoms with van der Waals surface area (Å²) in [6.45, 7) is 0. The normalized spacial score (nSPS) is 12.1. The molecular formula is C17H18N4O. The third-order valence-electron chi connectivity index (χ3n) is 3.50. The van der Waals surface area contributed by atoms with E-state index in [9.17, 15) is 0 Å². The zero-order chi connectivity index (χ0) is 15.4.